The first-order chi connectivity index (χ1) is 13.2. The van der Waals surface area contributed by atoms with Gasteiger partial charge in [-0.3, -0.25) is 4.90 Å². The van der Waals surface area contributed by atoms with E-state index in [0.717, 1.165) is 23.7 Å². The first-order valence-corrected chi connectivity index (χ1v) is 9.58. The first kappa shape index (κ1) is 17.7. The Kier molecular flexibility index (Phi) is 5.16. The lowest BCUT2D eigenvalue weighted by Gasteiger charge is -2.30. The zero-order valence-corrected chi connectivity index (χ0v) is 15.7. The van der Waals surface area contributed by atoms with Crippen molar-refractivity contribution in [3.05, 3.63) is 53.9 Å². The molecule has 0 amide bonds. The summed E-state index contributed by atoms with van der Waals surface area (Å²) in [6.07, 6.45) is 4.19. The number of nitrogens with one attached hydrogen (secondary N) is 1. The molecular weight excluding hydrogens is 336 g/mol. The molecule has 3 heterocycles. The Hall–Kier alpha value is -2.73. The maximum absolute atomic E-state index is 5.73. The highest BCUT2D eigenvalue weighted by atomic mass is 15.1. The molecule has 0 spiro atoms. The van der Waals surface area contributed by atoms with Crippen molar-refractivity contribution < 1.29 is 0 Å². The molecule has 6 heteroatoms. The fraction of sp³-hybridized carbons (Fsp3) is 0.381. The topological polar surface area (TPSA) is 80.0 Å². The molecule has 0 bridgehead atoms. The maximum atomic E-state index is 5.73. The van der Waals surface area contributed by atoms with Crippen molar-refractivity contribution in [1.29, 1.82) is 0 Å². The minimum absolute atomic E-state index is 0.464. The minimum Gasteiger partial charge on any atom is -0.384 e. The third-order valence-corrected chi connectivity index (χ3v) is 5.15. The highest BCUT2D eigenvalue weighted by molar-refractivity contribution is 5.86. The first-order valence-electron chi connectivity index (χ1n) is 9.58. The van der Waals surface area contributed by atoms with Crippen LogP contribution in [0.2, 0.25) is 0 Å². The number of rotatable bonds is 5. The van der Waals surface area contributed by atoms with Crippen molar-refractivity contribution in [2.75, 3.05) is 24.1 Å². The number of nitrogen functional groups attached to an aromatic ring is 1. The van der Waals surface area contributed by atoms with Gasteiger partial charge < -0.3 is 11.1 Å². The Bertz CT molecular complexity index is 908. The van der Waals surface area contributed by atoms with Gasteiger partial charge in [0, 0.05) is 19.6 Å². The summed E-state index contributed by atoms with van der Waals surface area (Å²) in [5, 5.41) is 4.27. The van der Waals surface area contributed by atoms with Crippen molar-refractivity contribution in [3.63, 3.8) is 0 Å². The van der Waals surface area contributed by atoms with Crippen molar-refractivity contribution in [2.45, 2.75) is 32.9 Å². The van der Waals surface area contributed by atoms with E-state index >= 15 is 0 Å². The number of benzene rings is 1. The molecule has 0 aliphatic carbocycles. The van der Waals surface area contributed by atoms with Gasteiger partial charge in [0.15, 0.2) is 5.65 Å². The van der Waals surface area contributed by atoms with Crippen LogP contribution >= 0.6 is 0 Å². The SMILES string of the molecule is CC1CCCN(Cc2ccc(CNc3ncnc4nc(N)ccc34)cc2)C1. The molecule has 27 heavy (non-hydrogen) atoms. The number of nitrogens with two attached hydrogens (primary N) is 1. The van der Waals surface area contributed by atoms with Gasteiger partial charge in [0.2, 0.25) is 0 Å². The molecule has 1 aliphatic heterocycles. The summed E-state index contributed by atoms with van der Waals surface area (Å²) < 4.78 is 0. The normalized spacial score (nSPS) is 17.9. The number of nitrogens with zero attached hydrogens (tertiary/aromatic N) is 4. The van der Waals surface area contributed by atoms with Crippen LogP contribution in [-0.4, -0.2) is 32.9 Å². The number of fused-ring (bicyclic) bond motifs is 1. The zero-order valence-electron chi connectivity index (χ0n) is 15.7. The zero-order chi connectivity index (χ0) is 18.6. The van der Waals surface area contributed by atoms with Crippen LogP contribution in [-0.2, 0) is 13.1 Å². The molecule has 0 radical (unpaired) electrons. The van der Waals surface area contributed by atoms with Gasteiger partial charge in [-0.2, -0.15) is 0 Å². The van der Waals surface area contributed by atoms with E-state index in [1.54, 1.807) is 6.07 Å². The smallest absolute Gasteiger partial charge is 0.166 e. The van der Waals surface area contributed by atoms with Gasteiger partial charge in [0.05, 0.1) is 5.39 Å². The Morgan fingerprint density at radius 3 is 2.74 bits per heavy atom. The number of piperidine rings is 1. The lowest BCUT2D eigenvalue weighted by atomic mass is 9.99. The number of pyridine rings is 1. The summed E-state index contributed by atoms with van der Waals surface area (Å²) in [6.45, 7) is 6.52. The molecule has 1 unspecified atom stereocenters. The van der Waals surface area contributed by atoms with E-state index in [9.17, 15) is 0 Å². The molecule has 1 aromatic carbocycles. The predicted molar refractivity (Wildman–Crippen MR) is 109 cm³/mol. The van der Waals surface area contributed by atoms with Gasteiger partial charge >= 0.3 is 0 Å². The Morgan fingerprint density at radius 1 is 1.11 bits per heavy atom. The van der Waals surface area contributed by atoms with Crippen LogP contribution in [0.3, 0.4) is 0 Å². The monoisotopic (exact) mass is 362 g/mol. The van der Waals surface area contributed by atoms with Gasteiger partial charge in [0.1, 0.15) is 18.0 Å². The number of likely N-dealkylation sites (tertiary alicyclic amines) is 1. The highest BCUT2D eigenvalue weighted by Gasteiger charge is 2.16. The molecule has 1 saturated heterocycles. The van der Waals surface area contributed by atoms with E-state index in [1.165, 1.54) is 43.4 Å². The Balaban J connectivity index is 1.39. The summed E-state index contributed by atoms with van der Waals surface area (Å²) in [4.78, 5) is 15.3. The second-order valence-electron chi connectivity index (χ2n) is 7.48. The van der Waals surface area contributed by atoms with Crippen molar-refractivity contribution in [1.82, 2.24) is 19.9 Å². The molecule has 1 atom stereocenters. The molecule has 1 aliphatic rings. The number of anilines is 2. The van der Waals surface area contributed by atoms with Gasteiger partial charge in [0.25, 0.3) is 0 Å². The van der Waals surface area contributed by atoms with Crippen molar-refractivity contribution in [3.8, 4) is 0 Å². The van der Waals surface area contributed by atoms with Crippen LogP contribution in [0.15, 0.2) is 42.7 Å². The highest BCUT2D eigenvalue weighted by Crippen LogP contribution is 2.20. The molecule has 140 valence electrons. The van der Waals surface area contributed by atoms with E-state index in [4.69, 9.17) is 5.73 Å². The van der Waals surface area contributed by atoms with Crippen LogP contribution in [0.5, 0.6) is 0 Å². The van der Waals surface area contributed by atoms with Crippen molar-refractivity contribution >= 4 is 22.7 Å². The number of hydrogen-bond donors (Lipinski definition) is 2. The van der Waals surface area contributed by atoms with Crippen molar-refractivity contribution in [2.24, 2.45) is 5.92 Å². The van der Waals surface area contributed by atoms with Crippen LogP contribution in [0.25, 0.3) is 11.0 Å². The summed E-state index contributed by atoms with van der Waals surface area (Å²) in [5.41, 5.74) is 8.94. The largest absolute Gasteiger partial charge is 0.384 e. The fourth-order valence-electron chi connectivity index (χ4n) is 3.73. The molecule has 4 rings (SSSR count). The van der Waals surface area contributed by atoms with Crippen LogP contribution in [0.1, 0.15) is 30.9 Å². The van der Waals surface area contributed by atoms with E-state index in [2.05, 4.69) is 56.4 Å². The molecule has 1 fully saturated rings. The van der Waals surface area contributed by atoms with Crippen LogP contribution in [0.4, 0.5) is 11.6 Å². The van der Waals surface area contributed by atoms with Gasteiger partial charge in [-0.05, 0) is 48.6 Å². The lowest BCUT2D eigenvalue weighted by molar-refractivity contribution is 0.176. The summed E-state index contributed by atoms with van der Waals surface area (Å²) >= 11 is 0. The average Bonchev–Trinajstić information content (AvgIpc) is 2.67. The quantitative estimate of drug-likeness (QED) is 0.724. The van der Waals surface area contributed by atoms with E-state index in [0.29, 0.717) is 18.0 Å². The van der Waals surface area contributed by atoms with Gasteiger partial charge in [-0.25, -0.2) is 15.0 Å². The summed E-state index contributed by atoms with van der Waals surface area (Å²) in [5.74, 6) is 2.06. The molecule has 2 aromatic heterocycles. The number of aromatic nitrogens is 3. The van der Waals surface area contributed by atoms with E-state index in [1.807, 2.05) is 6.07 Å². The predicted octanol–water partition coefficient (Wildman–Crippen LogP) is 3.45. The van der Waals surface area contributed by atoms with Crippen LogP contribution < -0.4 is 11.1 Å². The second-order valence-corrected chi connectivity index (χ2v) is 7.48. The molecule has 6 nitrogen and oxygen atoms in total. The molecular formula is C21H26N6. The second kappa shape index (κ2) is 7.88. The lowest BCUT2D eigenvalue weighted by Crippen LogP contribution is -2.33. The minimum atomic E-state index is 0.464. The third-order valence-electron chi connectivity index (χ3n) is 5.15. The third kappa shape index (κ3) is 4.34. The average molecular weight is 362 g/mol. The van der Waals surface area contributed by atoms with E-state index < -0.39 is 0 Å². The van der Waals surface area contributed by atoms with E-state index in [-0.39, 0.29) is 0 Å². The van der Waals surface area contributed by atoms with Crippen LogP contribution in [0, 0.1) is 5.92 Å². The standard InChI is InChI=1S/C21H26N6/c1-15-3-2-10-27(12-15)13-17-6-4-16(5-7-17)11-23-20-18-8-9-19(22)26-21(18)25-14-24-20/h4-9,14-15H,2-3,10-13H2,1H3,(H3,22,23,24,25,26). The van der Waals surface area contributed by atoms with Gasteiger partial charge in [-0.1, -0.05) is 31.2 Å². The number of hydrogen-bond acceptors (Lipinski definition) is 6. The molecule has 0 saturated carbocycles. The molecule has 3 N–H and O–H groups in total. The fourth-order valence-corrected chi connectivity index (χ4v) is 3.73. The van der Waals surface area contributed by atoms with Gasteiger partial charge in [-0.15, -0.1) is 0 Å². The Morgan fingerprint density at radius 2 is 1.93 bits per heavy atom. The maximum Gasteiger partial charge on any atom is 0.166 e. The summed E-state index contributed by atoms with van der Waals surface area (Å²) in [7, 11) is 0. The molecule has 3 aromatic rings. The summed E-state index contributed by atoms with van der Waals surface area (Å²) in [6, 6.07) is 12.5. The Labute approximate surface area is 159 Å².